The van der Waals surface area contributed by atoms with Crippen LogP contribution in [0.2, 0.25) is 0 Å². The van der Waals surface area contributed by atoms with Crippen molar-refractivity contribution in [3.8, 4) is 17.1 Å². The van der Waals surface area contributed by atoms with E-state index >= 15 is 0 Å². The van der Waals surface area contributed by atoms with Gasteiger partial charge in [-0.05, 0) is 63.9 Å². The van der Waals surface area contributed by atoms with Gasteiger partial charge in [-0.3, -0.25) is 0 Å². The lowest BCUT2D eigenvalue weighted by Gasteiger charge is -2.07. The second kappa shape index (κ2) is 15.6. The monoisotopic (exact) mass is 410 g/mol. The van der Waals surface area contributed by atoms with Gasteiger partial charge in [0.2, 0.25) is 0 Å². The molecule has 2 rings (SSSR count). The summed E-state index contributed by atoms with van der Waals surface area (Å²) in [5.41, 5.74) is 2.41. The highest BCUT2D eigenvalue weighted by atomic mass is 16.5. The molecule has 0 saturated carbocycles. The normalized spacial score (nSPS) is 11.3. The van der Waals surface area contributed by atoms with Crippen LogP contribution < -0.4 is 4.74 Å². The zero-order valence-corrected chi connectivity index (χ0v) is 18.8. The summed E-state index contributed by atoms with van der Waals surface area (Å²) in [5.74, 6) is 1.49. The minimum Gasteiger partial charge on any atom is -0.490 e. The van der Waals surface area contributed by atoms with Crippen molar-refractivity contribution in [2.45, 2.75) is 71.6 Å². The second-order valence-electron chi connectivity index (χ2n) is 7.63. The van der Waals surface area contributed by atoms with E-state index in [1.807, 2.05) is 0 Å². The first-order valence-corrected chi connectivity index (χ1v) is 11.6. The van der Waals surface area contributed by atoms with Crippen molar-refractivity contribution in [1.82, 2.24) is 9.97 Å². The largest absolute Gasteiger partial charge is 0.490 e. The van der Waals surface area contributed by atoms with Crippen LogP contribution >= 0.6 is 0 Å². The number of allylic oxidation sites excluding steroid dienone is 2. The van der Waals surface area contributed by atoms with E-state index < -0.39 is 0 Å². The first-order chi connectivity index (χ1) is 14.8. The number of aryl methyl sites for hydroxylation is 1. The van der Waals surface area contributed by atoms with E-state index in [1.54, 1.807) is 12.4 Å². The fourth-order valence-electron chi connectivity index (χ4n) is 3.21. The van der Waals surface area contributed by atoms with E-state index in [9.17, 15) is 0 Å². The van der Waals surface area contributed by atoms with Crippen LogP contribution in [-0.4, -0.2) is 29.8 Å². The molecule has 0 spiro atoms. The molecular weight excluding hydrogens is 372 g/mol. The summed E-state index contributed by atoms with van der Waals surface area (Å²) >= 11 is 0. The maximum Gasteiger partial charge on any atom is 0.159 e. The van der Waals surface area contributed by atoms with Crippen LogP contribution in [0, 0.1) is 0 Å². The molecule has 0 fully saturated rings. The van der Waals surface area contributed by atoms with Gasteiger partial charge < -0.3 is 9.47 Å². The maximum atomic E-state index is 5.76. The van der Waals surface area contributed by atoms with Gasteiger partial charge in [0.15, 0.2) is 11.6 Å². The lowest BCUT2D eigenvalue weighted by Crippen LogP contribution is -1.99. The van der Waals surface area contributed by atoms with Crippen molar-refractivity contribution in [3.05, 3.63) is 54.4 Å². The predicted octanol–water partition coefficient (Wildman–Crippen LogP) is 6.80. The minimum atomic E-state index is 0.720. The number of hydrogen-bond acceptors (Lipinski definition) is 4. The van der Waals surface area contributed by atoms with Gasteiger partial charge in [-0.25, -0.2) is 9.97 Å². The highest BCUT2D eigenvalue weighted by Gasteiger charge is 2.03. The molecule has 0 amide bonds. The maximum absolute atomic E-state index is 5.76. The molecule has 0 unspecified atom stereocenters. The zero-order chi connectivity index (χ0) is 21.3. The summed E-state index contributed by atoms with van der Waals surface area (Å²) < 4.78 is 11.3. The third-order valence-corrected chi connectivity index (χ3v) is 4.96. The molecule has 1 heterocycles. The summed E-state index contributed by atoms with van der Waals surface area (Å²) in [4.78, 5) is 8.94. The van der Waals surface area contributed by atoms with Crippen molar-refractivity contribution in [3.63, 3.8) is 0 Å². The van der Waals surface area contributed by atoms with Gasteiger partial charge in [0.1, 0.15) is 0 Å². The van der Waals surface area contributed by atoms with Gasteiger partial charge in [-0.1, -0.05) is 49.8 Å². The van der Waals surface area contributed by atoms with E-state index in [-0.39, 0.29) is 0 Å². The van der Waals surface area contributed by atoms with Gasteiger partial charge in [0, 0.05) is 18.8 Å². The molecule has 30 heavy (non-hydrogen) atoms. The van der Waals surface area contributed by atoms with Gasteiger partial charge in [0.25, 0.3) is 0 Å². The molecule has 0 bridgehead atoms. The van der Waals surface area contributed by atoms with Crippen LogP contribution in [0.4, 0.5) is 0 Å². The molecule has 0 radical (unpaired) electrons. The number of rotatable bonds is 16. The number of aromatic nitrogens is 2. The fourth-order valence-corrected chi connectivity index (χ4v) is 3.21. The molecule has 0 saturated heterocycles. The molecule has 0 aliphatic carbocycles. The minimum absolute atomic E-state index is 0.720. The third-order valence-electron chi connectivity index (χ3n) is 4.96. The van der Waals surface area contributed by atoms with Gasteiger partial charge in [0.05, 0.1) is 19.0 Å². The lowest BCUT2D eigenvalue weighted by atomic mass is 10.0. The van der Waals surface area contributed by atoms with Crippen molar-refractivity contribution in [2.24, 2.45) is 0 Å². The Labute approximate surface area is 182 Å². The van der Waals surface area contributed by atoms with E-state index in [2.05, 4.69) is 60.2 Å². The summed E-state index contributed by atoms with van der Waals surface area (Å²) in [5, 5.41) is 0. The highest BCUT2D eigenvalue weighted by Crippen LogP contribution is 2.18. The highest BCUT2D eigenvalue weighted by molar-refractivity contribution is 5.55. The molecule has 2 aromatic rings. The number of unbranched alkanes of at least 4 members (excludes halogenated alkanes) is 5. The Balaban J connectivity index is 1.67. The standard InChI is InChI=1S/C26H38N2O2/c1-3-5-6-7-8-12-20-30-25-21-27-26(28-22-25)24-16-14-23(15-17-24)13-10-9-11-19-29-18-4-2/h3,5,14-17,21-22H,4,6-13,18-20H2,1-2H3. The van der Waals surface area contributed by atoms with Crippen LogP contribution in [0.15, 0.2) is 48.8 Å². The molecule has 0 N–H and O–H groups in total. The summed E-state index contributed by atoms with van der Waals surface area (Å²) in [6.45, 7) is 6.70. The van der Waals surface area contributed by atoms with Gasteiger partial charge >= 0.3 is 0 Å². The molecule has 0 aliphatic heterocycles. The average Bonchev–Trinajstić information content (AvgIpc) is 2.79. The molecule has 1 aromatic heterocycles. The second-order valence-corrected chi connectivity index (χ2v) is 7.63. The Morgan fingerprint density at radius 2 is 1.57 bits per heavy atom. The van der Waals surface area contributed by atoms with Gasteiger partial charge in [-0.15, -0.1) is 0 Å². The molecule has 0 aliphatic rings. The molecule has 0 atom stereocenters. The first-order valence-electron chi connectivity index (χ1n) is 11.6. The number of ether oxygens (including phenoxy) is 2. The predicted molar refractivity (Wildman–Crippen MR) is 125 cm³/mol. The lowest BCUT2D eigenvalue weighted by molar-refractivity contribution is 0.130. The Morgan fingerprint density at radius 1 is 0.833 bits per heavy atom. The van der Waals surface area contributed by atoms with Crippen LogP contribution in [0.5, 0.6) is 5.75 Å². The van der Waals surface area contributed by atoms with E-state index in [0.29, 0.717) is 0 Å². The Hall–Kier alpha value is -2.20. The Bertz CT molecular complexity index is 696. The van der Waals surface area contributed by atoms with Crippen molar-refractivity contribution >= 4 is 0 Å². The van der Waals surface area contributed by atoms with Crippen LogP contribution in [0.1, 0.15) is 70.8 Å². The summed E-state index contributed by atoms with van der Waals surface area (Å²) in [6, 6.07) is 8.59. The average molecular weight is 411 g/mol. The van der Waals surface area contributed by atoms with Gasteiger partial charge in [-0.2, -0.15) is 0 Å². The molecule has 4 nitrogen and oxygen atoms in total. The number of benzene rings is 1. The summed E-state index contributed by atoms with van der Waals surface area (Å²) in [6.07, 6.45) is 18.3. The molecular formula is C26H38N2O2. The SMILES string of the molecule is CC=CCCCCCOc1cnc(-c2ccc(CCCCCOCCC)cc2)nc1. The molecule has 1 aromatic carbocycles. The van der Waals surface area contributed by atoms with Crippen LogP contribution in [0.3, 0.4) is 0 Å². The smallest absolute Gasteiger partial charge is 0.159 e. The zero-order valence-electron chi connectivity index (χ0n) is 18.8. The Kier molecular flexibility index (Phi) is 12.5. The first kappa shape index (κ1) is 24.1. The van der Waals surface area contributed by atoms with Crippen LogP contribution in [-0.2, 0) is 11.2 Å². The van der Waals surface area contributed by atoms with Crippen molar-refractivity contribution < 1.29 is 9.47 Å². The molecule has 164 valence electrons. The topological polar surface area (TPSA) is 44.2 Å². The number of hydrogen-bond donors (Lipinski definition) is 0. The quantitative estimate of drug-likeness (QED) is 0.225. The molecule has 4 heteroatoms. The number of nitrogens with zero attached hydrogens (tertiary/aromatic N) is 2. The summed E-state index contributed by atoms with van der Waals surface area (Å²) in [7, 11) is 0. The van der Waals surface area contributed by atoms with Crippen molar-refractivity contribution in [1.29, 1.82) is 0 Å². The van der Waals surface area contributed by atoms with E-state index in [0.717, 1.165) is 69.1 Å². The van der Waals surface area contributed by atoms with Crippen molar-refractivity contribution in [2.75, 3.05) is 19.8 Å². The third kappa shape index (κ3) is 10.0. The Morgan fingerprint density at radius 3 is 2.30 bits per heavy atom. The fraction of sp³-hybridized carbons (Fsp3) is 0.538. The van der Waals surface area contributed by atoms with E-state index in [1.165, 1.54) is 31.2 Å². The van der Waals surface area contributed by atoms with Crippen LogP contribution in [0.25, 0.3) is 11.4 Å². The van der Waals surface area contributed by atoms with E-state index in [4.69, 9.17) is 9.47 Å².